The molecule has 142 valence electrons. The SMILES string of the molecule is COCc1ccc(CN2CCC[C@H](c3[nH]ncc3-c3ccc(Cl)cc3)C2)o1. The third-order valence-electron chi connectivity index (χ3n) is 5.12. The number of hydrogen-bond acceptors (Lipinski definition) is 4. The fourth-order valence-corrected chi connectivity index (χ4v) is 3.98. The van der Waals surface area contributed by atoms with Gasteiger partial charge in [-0.2, -0.15) is 5.10 Å². The Bertz CT molecular complexity index is 872. The van der Waals surface area contributed by atoms with Crippen molar-refractivity contribution in [3.05, 3.63) is 64.8 Å². The third kappa shape index (κ3) is 4.26. The van der Waals surface area contributed by atoms with Crippen molar-refractivity contribution in [3.63, 3.8) is 0 Å². The second-order valence-electron chi connectivity index (χ2n) is 7.08. The highest BCUT2D eigenvalue weighted by atomic mass is 35.5. The Hall–Kier alpha value is -2.08. The van der Waals surface area contributed by atoms with E-state index >= 15 is 0 Å². The number of rotatable bonds is 6. The summed E-state index contributed by atoms with van der Waals surface area (Å²) in [5.41, 5.74) is 3.52. The highest BCUT2D eigenvalue weighted by Crippen LogP contribution is 2.33. The van der Waals surface area contributed by atoms with Crippen LogP contribution >= 0.6 is 11.6 Å². The molecule has 4 rings (SSSR count). The van der Waals surface area contributed by atoms with Gasteiger partial charge in [-0.1, -0.05) is 23.7 Å². The number of benzene rings is 1. The maximum absolute atomic E-state index is 6.03. The summed E-state index contributed by atoms with van der Waals surface area (Å²) in [6.45, 7) is 3.41. The molecule has 0 unspecified atom stereocenters. The number of nitrogens with zero attached hydrogens (tertiary/aromatic N) is 2. The summed E-state index contributed by atoms with van der Waals surface area (Å²) in [6, 6.07) is 12.0. The Kier molecular flexibility index (Phi) is 5.62. The van der Waals surface area contributed by atoms with E-state index in [2.05, 4.69) is 27.2 Å². The molecule has 1 N–H and O–H groups in total. The Morgan fingerprint density at radius 3 is 2.85 bits per heavy atom. The number of furan rings is 1. The van der Waals surface area contributed by atoms with Crippen LogP contribution in [0.5, 0.6) is 0 Å². The molecule has 1 aliphatic heterocycles. The van der Waals surface area contributed by atoms with Crippen molar-refractivity contribution in [3.8, 4) is 11.1 Å². The summed E-state index contributed by atoms with van der Waals surface area (Å²) in [7, 11) is 1.68. The van der Waals surface area contributed by atoms with Gasteiger partial charge in [-0.3, -0.25) is 10.00 Å². The molecule has 0 amide bonds. The van der Waals surface area contributed by atoms with Gasteiger partial charge in [0.1, 0.15) is 18.1 Å². The van der Waals surface area contributed by atoms with E-state index in [1.165, 1.54) is 11.3 Å². The monoisotopic (exact) mass is 385 g/mol. The first-order chi connectivity index (χ1) is 13.2. The number of hydrogen-bond donors (Lipinski definition) is 1. The standard InChI is InChI=1S/C21H24ClN3O2/c1-26-14-19-9-8-18(27-19)13-25-10-2-3-16(12-25)21-20(11-23-24-21)15-4-6-17(22)7-5-15/h4-9,11,16H,2-3,10,12-14H2,1H3,(H,23,24)/t16-/m0/s1. The van der Waals surface area contributed by atoms with Gasteiger partial charge in [0, 0.05) is 35.9 Å². The summed E-state index contributed by atoms with van der Waals surface area (Å²) in [5, 5.41) is 8.31. The number of likely N-dealkylation sites (tertiary alicyclic amines) is 1. The van der Waals surface area contributed by atoms with Gasteiger partial charge in [0.15, 0.2) is 0 Å². The highest BCUT2D eigenvalue weighted by Gasteiger charge is 2.25. The van der Waals surface area contributed by atoms with Gasteiger partial charge in [-0.25, -0.2) is 0 Å². The number of nitrogens with one attached hydrogen (secondary N) is 1. The number of H-pyrrole nitrogens is 1. The molecule has 1 aromatic carbocycles. The topological polar surface area (TPSA) is 54.3 Å². The molecule has 1 aliphatic rings. The van der Waals surface area contributed by atoms with Crippen molar-refractivity contribution in [1.29, 1.82) is 0 Å². The van der Waals surface area contributed by atoms with Crippen molar-refractivity contribution in [1.82, 2.24) is 15.1 Å². The van der Waals surface area contributed by atoms with Gasteiger partial charge >= 0.3 is 0 Å². The molecule has 1 atom stereocenters. The first-order valence-electron chi connectivity index (χ1n) is 9.31. The predicted molar refractivity (Wildman–Crippen MR) is 106 cm³/mol. The largest absolute Gasteiger partial charge is 0.462 e. The quantitative estimate of drug-likeness (QED) is 0.659. The molecule has 0 radical (unpaired) electrons. The van der Waals surface area contributed by atoms with Crippen molar-refractivity contribution in [2.45, 2.75) is 31.9 Å². The van der Waals surface area contributed by atoms with E-state index in [0.717, 1.165) is 54.6 Å². The lowest BCUT2D eigenvalue weighted by atomic mass is 9.90. The molecule has 3 aromatic rings. The molecule has 2 aromatic heterocycles. The molecule has 6 heteroatoms. The minimum absolute atomic E-state index is 0.431. The van der Waals surface area contributed by atoms with E-state index < -0.39 is 0 Å². The van der Waals surface area contributed by atoms with Crippen LogP contribution in [-0.4, -0.2) is 35.3 Å². The maximum Gasteiger partial charge on any atom is 0.129 e. The molecule has 0 bridgehead atoms. The third-order valence-corrected chi connectivity index (χ3v) is 5.37. The molecular formula is C21H24ClN3O2. The molecule has 1 fully saturated rings. The summed E-state index contributed by atoms with van der Waals surface area (Å²) >= 11 is 6.03. The zero-order valence-electron chi connectivity index (χ0n) is 15.5. The number of aromatic nitrogens is 2. The van der Waals surface area contributed by atoms with Crippen molar-refractivity contribution < 1.29 is 9.15 Å². The summed E-state index contributed by atoms with van der Waals surface area (Å²) in [6.07, 6.45) is 4.24. The van der Waals surface area contributed by atoms with Gasteiger partial charge in [0.25, 0.3) is 0 Å². The first kappa shape index (κ1) is 18.3. The van der Waals surface area contributed by atoms with Crippen LogP contribution in [0.4, 0.5) is 0 Å². The Labute approximate surface area is 164 Å². The number of piperidine rings is 1. The summed E-state index contributed by atoms with van der Waals surface area (Å²) in [4.78, 5) is 2.45. The second-order valence-corrected chi connectivity index (χ2v) is 7.52. The molecule has 0 saturated carbocycles. The molecule has 1 saturated heterocycles. The molecule has 3 heterocycles. The molecule has 0 spiro atoms. The van der Waals surface area contributed by atoms with E-state index in [4.69, 9.17) is 20.8 Å². The Balaban J connectivity index is 1.47. The fourth-order valence-electron chi connectivity index (χ4n) is 3.85. The van der Waals surface area contributed by atoms with Crippen molar-refractivity contribution >= 4 is 11.6 Å². The van der Waals surface area contributed by atoms with E-state index in [1.54, 1.807) is 7.11 Å². The van der Waals surface area contributed by atoms with Crippen LogP contribution in [-0.2, 0) is 17.9 Å². The lowest BCUT2D eigenvalue weighted by molar-refractivity contribution is 0.153. The van der Waals surface area contributed by atoms with E-state index in [9.17, 15) is 0 Å². The second kappa shape index (κ2) is 8.30. The Morgan fingerprint density at radius 1 is 1.22 bits per heavy atom. The Morgan fingerprint density at radius 2 is 2.04 bits per heavy atom. The van der Waals surface area contributed by atoms with Gasteiger partial charge in [0.2, 0.25) is 0 Å². The summed E-state index contributed by atoms with van der Waals surface area (Å²) < 4.78 is 11.0. The zero-order chi connectivity index (χ0) is 18.6. The minimum Gasteiger partial charge on any atom is -0.462 e. The number of ether oxygens (including phenoxy) is 1. The van der Waals surface area contributed by atoms with Crippen LogP contribution in [0.3, 0.4) is 0 Å². The van der Waals surface area contributed by atoms with Gasteiger partial charge in [-0.15, -0.1) is 0 Å². The minimum atomic E-state index is 0.431. The van der Waals surface area contributed by atoms with Crippen LogP contribution in [0.15, 0.2) is 47.0 Å². The van der Waals surface area contributed by atoms with Gasteiger partial charge in [0.05, 0.1) is 12.7 Å². The summed E-state index contributed by atoms with van der Waals surface area (Å²) in [5.74, 6) is 2.30. The van der Waals surface area contributed by atoms with Crippen LogP contribution in [0.2, 0.25) is 5.02 Å². The number of aromatic amines is 1. The maximum atomic E-state index is 6.03. The van der Waals surface area contributed by atoms with Crippen LogP contribution in [0, 0.1) is 0 Å². The van der Waals surface area contributed by atoms with Crippen LogP contribution < -0.4 is 0 Å². The fraction of sp³-hybridized carbons (Fsp3) is 0.381. The predicted octanol–water partition coefficient (Wildman–Crippen LogP) is 4.85. The van der Waals surface area contributed by atoms with E-state index in [0.29, 0.717) is 12.5 Å². The average Bonchev–Trinajstić information content (AvgIpc) is 3.33. The normalized spacial score (nSPS) is 18.1. The van der Waals surface area contributed by atoms with E-state index in [1.807, 2.05) is 30.5 Å². The highest BCUT2D eigenvalue weighted by molar-refractivity contribution is 6.30. The lowest BCUT2D eigenvalue weighted by Crippen LogP contribution is -2.34. The molecule has 27 heavy (non-hydrogen) atoms. The molecule has 0 aliphatic carbocycles. The lowest BCUT2D eigenvalue weighted by Gasteiger charge is -2.32. The molecule has 5 nitrogen and oxygen atoms in total. The smallest absolute Gasteiger partial charge is 0.129 e. The van der Waals surface area contributed by atoms with Gasteiger partial charge in [-0.05, 0) is 49.2 Å². The van der Waals surface area contributed by atoms with Gasteiger partial charge < -0.3 is 9.15 Å². The average molecular weight is 386 g/mol. The number of methoxy groups -OCH3 is 1. The van der Waals surface area contributed by atoms with Crippen LogP contribution in [0.25, 0.3) is 11.1 Å². The van der Waals surface area contributed by atoms with Crippen molar-refractivity contribution in [2.24, 2.45) is 0 Å². The molecular weight excluding hydrogens is 362 g/mol. The van der Waals surface area contributed by atoms with E-state index in [-0.39, 0.29) is 0 Å². The first-order valence-corrected chi connectivity index (χ1v) is 9.69. The van der Waals surface area contributed by atoms with Crippen molar-refractivity contribution in [2.75, 3.05) is 20.2 Å². The zero-order valence-corrected chi connectivity index (χ0v) is 16.2. The van der Waals surface area contributed by atoms with Crippen LogP contribution in [0.1, 0.15) is 36.0 Å². The number of halogens is 1.